The highest BCUT2D eigenvalue weighted by molar-refractivity contribution is 7.10. The molecule has 1 aliphatic carbocycles. The number of hydrogen-bond donors (Lipinski definition) is 2. The number of hydrazine groups is 1. The van der Waals surface area contributed by atoms with Crippen molar-refractivity contribution >= 4 is 11.3 Å². The minimum atomic E-state index is 0.391. The van der Waals surface area contributed by atoms with Gasteiger partial charge in [-0.05, 0) is 30.2 Å². The Balaban J connectivity index is 2.08. The van der Waals surface area contributed by atoms with E-state index in [0.29, 0.717) is 6.04 Å². The Morgan fingerprint density at radius 3 is 2.77 bits per heavy atom. The lowest BCUT2D eigenvalue weighted by Crippen LogP contribution is -2.32. The van der Waals surface area contributed by atoms with Crippen molar-refractivity contribution in [3.8, 4) is 0 Å². The molecule has 13 heavy (non-hydrogen) atoms. The van der Waals surface area contributed by atoms with Gasteiger partial charge in [0.1, 0.15) is 0 Å². The van der Waals surface area contributed by atoms with Gasteiger partial charge in [-0.3, -0.25) is 11.3 Å². The maximum Gasteiger partial charge on any atom is 0.0581 e. The number of hydrogen-bond acceptors (Lipinski definition) is 3. The van der Waals surface area contributed by atoms with Gasteiger partial charge in [0.15, 0.2) is 0 Å². The van der Waals surface area contributed by atoms with Gasteiger partial charge in [-0.15, -0.1) is 11.3 Å². The van der Waals surface area contributed by atoms with Gasteiger partial charge in [0, 0.05) is 4.88 Å². The predicted molar refractivity (Wildman–Crippen MR) is 56.3 cm³/mol. The Morgan fingerprint density at radius 2 is 2.23 bits per heavy atom. The zero-order chi connectivity index (χ0) is 9.10. The van der Waals surface area contributed by atoms with Crippen LogP contribution in [0.4, 0.5) is 0 Å². The summed E-state index contributed by atoms with van der Waals surface area (Å²) < 4.78 is 0. The Labute approximate surface area is 83.1 Å². The molecule has 1 heterocycles. The van der Waals surface area contributed by atoms with Crippen molar-refractivity contribution in [1.29, 1.82) is 0 Å². The molecule has 0 saturated heterocycles. The maximum absolute atomic E-state index is 5.60. The quantitative estimate of drug-likeness (QED) is 0.575. The van der Waals surface area contributed by atoms with Gasteiger partial charge < -0.3 is 0 Å². The third-order valence-electron chi connectivity index (χ3n) is 2.90. The van der Waals surface area contributed by atoms with E-state index in [4.69, 9.17) is 5.84 Å². The standard InChI is InChI=1S/C10H16N2S/c11-12-10(8-4-1-2-5-8)9-6-3-7-13-9/h3,6-8,10,12H,1-2,4-5,11H2. The van der Waals surface area contributed by atoms with E-state index in [1.165, 1.54) is 30.6 Å². The van der Waals surface area contributed by atoms with Gasteiger partial charge in [-0.2, -0.15) is 0 Å². The molecule has 0 aliphatic heterocycles. The molecule has 0 amide bonds. The first-order valence-corrected chi connectivity index (χ1v) is 5.79. The fraction of sp³-hybridized carbons (Fsp3) is 0.600. The monoisotopic (exact) mass is 196 g/mol. The Bertz CT molecular complexity index is 239. The van der Waals surface area contributed by atoms with Gasteiger partial charge in [0.05, 0.1) is 6.04 Å². The van der Waals surface area contributed by atoms with Crippen LogP contribution in [0.15, 0.2) is 17.5 Å². The fourth-order valence-corrected chi connectivity index (χ4v) is 3.09. The van der Waals surface area contributed by atoms with Crippen LogP contribution in [-0.2, 0) is 0 Å². The number of rotatable bonds is 3. The molecule has 0 aromatic carbocycles. The Kier molecular flexibility index (Phi) is 2.98. The number of nitrogens with two attached hydrogens (primary N) is 1. The zero-order valence-electron chi connectivity index (χ0n) is 7.70. The molecule has 1 atom stereocenters. The topological polar surface area (TPSA) is 38.0 Å². The highest BCUT2D eigenvalue weighted by Crippen LogP contribution is 2.36. The Hall–Kier alpha value is -0.380. The zero-order valence-corrected chi connectivity index (χ0v) is 8.52. The van der Waals surface area contributed by atoms with Crippen LogP contribution < -0.4 is 11.3 Å². The van der Waals surface area contributed by atoms with E-state index in [2.05, 4.69) is 22.9 Å². The summed E-state index contributed by atoms with van der Waals surface area (Å²) in [6, 6.07) is 4.66. The van der Waals surface area contributed by atoms with Crippen LogP contribution >= 0.6 is 11.3 Å². The average molecular weight is 196 g/mol. The molecule has 1 unspecified atom stereocenters. The van der Waals surface area contributed by atoms with Crippen LogP contribution in [0.3, 0.4) is 0 Å². The average Bonchev–Trinajstić information content (AvgIpc) is 2.76. The summed E-state index contributed by atoms with van der Waals surface area (Å²) in [4.78, 5) is 1.38. The van der Waals surface area contributed by atoms with E-state index >= 15 is 0 Å². The summed E-state index contributed by atoms with van der Waals surface area (Å²) in [5.41, 5.74) is 2.96. The smallest absolute Gasteiger partial charge is 0.0581 e. The largest absolute Gasteiger partial charge is 0.271 e. The lowest BCUT2D eigenvalue weighted by Gasteiger charge is -2.20. The number of thiophene rings is 1. The second-order valence-corrected chi connectivity index (χ2v) is 4.68. The van der Waals surface area contributed by atoms with Gasteiger partial charge in [0.25, 0.3) is 0 Å². The predicted octanol–water partition coefficient (Wildman–Crippen LogP) is 2.44. The molecular weight excluding hydrogens is 180 g/mol. The van der Waals surface area contributed by atoms with Crippen LogP contribution in [0.5, 0.6) is 0 Å². The van der Waals surface area contributed by atoms with Gasteiger partial charge in [-0.25, -0.2) is 0 Å². The van der Waals surface area contributed by atoms with Gasteiger partial charge >= 0.3 is 0 Å². The summed E-state index contributed by atoms with van der Waals surface area (Å²) in [6.45, 7) is 0. The van der Waals surface area contributed by atoms with E-state index in [1.807, 2.05) is 0 Å². The third-order valence-corrected chi connectivity index (χ3v) is 3.86. The van der Waals surface area contributed by atoms with Crippen LogP contribution in [0, 0.1) is 5.92 Å². The molecule has 3 N–H and O–H groups in total. The molecule has 1 saturated carbocycles. The summed E-state index contributed by atoms with van der Waals surface area (Å²) in [6.07, 6.45) is 5.39. The summed E-state index contributed by atoms with van der Waals surface area (Å²) in [7, 11) is 0. The van der Waals surface area contributed by atoms with Crippen molar-refractivity contribution in [2.75, 3.05) is 0 Å². The molecule has 2 rings (SSSR count). The molecule has 1 fully saturated rings. The molecule has 0 spiro atoms. The normalized spacial score (nSPS) is 20.7. The van der Waals surface area contributed by atoms with E-state index in [0.717, 1.165) is 5.92 Å². The summed E-state index contributed by atoms with van der Waals surface area (Å²) >= 11 is 1.80. The van der Waals surface area contributed by atoms with Gasteiger partial charge in [0.2, 0.25) is 0 Å². The van der Waals surface area contributed by atoms with E-state index < -0.39 is 0 Å². The molecule has 3 heteroatoms. The van der Waals surface area contributed by atoms with Crippen molar-refractivity contribution in [2.24, 2.45) is 11.8 Å². The van der Waals surface area contributed by atoms with Crippen LogP contribution in [-0.4, -0.2) is 0 Å². The second kappa shape index (κ2) is 4.22. The summed E-state index contributed by atoms with van der Waals surface area (Å²) in [5, 5.41) is 2.12. The molecule has 72 valence electrons. The molecular formula is C10H16N2S. The molecule has 0 radical (unpaired) electrons. The highest BCUT2D eigenvalue weighted by atomic mass is 32.1. The first-order valence-electron chi connectivity index (χ1n) is 4.91. The molecule has 1 aromatic heterocycles. The minimum absolute atomic E-state index is 0.391. The first-order chi connectivity index (χ1) is 6.42. The number of nitrogens with one attached hydrogen (secondary N) is 1. The van der Waals surface area contributed by atoms with Crippen molar-refractivity contribution < 1.29 is 0 Å². The van der Waals surface area contributed by atoms with E-state index in [1.54, 1.807) is 11.3 Å². The molecule has 2 nitrogen and oxygen atoms in total. The van der Waals surface area contributed by atoms with E-state index in [9.17, 15) is 0 Å². The lowest BCUT2D eigenvalue weighted by atomic mass is 9.97. The van der Waals surface area contributed by atoms with Crippen molar-refractivity contribution in [3.05, 3.63) is 22.4 Å². The van der Waals surface area contributed by atoms with Crippen molar-refractivity contribution in [2.45, 2.75) is 31.7 Å². The highest BCUT2D eigenvalue weighted by Gasteiger charge is 2.25. The van der Waals surface area contributed by atoms with Crippen LogP contribution in [0.2, 0.25) is 0 Å². The maximum atomic E-state index is 5.60. The van der Waals surface area contributed by atoms with Crippen molar-refractivity contribution in [3.63, 3.8) is 0 Å². The first kappa shape index (κ1) is 9.19. The fourth-order valence-electron chi connectivity index (χ4n) is 2.21. The van der Waals surface area contributed by atoms with Crippen LogP contribution in [0.1, 0.15) is 36.6 Å². The molecule has 1 aliphatic rings. The third kappa shape index (κ3) is 1.93. The van der Waals surface area contributed by atoms with E-state index in [-0.39, 0.29) is 0 Å². The second-order valence-electron chi connectivity index (χ2n) is 3.70. The van der Waals surface area contributed by atoms with Gasteiger partial charge in [-0.1, -0.05) is 18.9 Å². The summed E-state index contributed by atoms with van der Waals surface area (Å²) in [5.74, 6) is 6.35. The lowest BCUT2D eigenvalue weighted by molar-refractivity contribution is 0.378. The Morgan fingerprint density at radius 1 is 1.46 bits per heavy atom. The van der Waals surface area contributed by atoms with Crippen LogP contribution in [0.25, 0.3) is 0 Å². The molecule has 1 aromatic rings. The molecule has 0 bridgehead atoms. The minimum Gasteiger partial charge on any atom is -0.271 e. The van der Waals surface area contributed by atoms with Crippen molar-refractivity contribution in [1.82, 2.24) is 5.43 Å². The SMILES string of the molecule is NNC(c1cccs1)C1CCCC1.